The zero-order valence-electron chi connectivity index (χ0n) is 20.9. The van der Waals surface area contributed by atoms with Crippen LogP contribution < -0.4 is 10.2 Å². The Bertz CT molecular complexity index is 1240. The molecular weight excluding hydrogens is 493 g/mol. The predicted molar refractivity (Wildman–Crippen MR) is 127 cm³/mol. The Labute approximate surface area is 211 Å². The summed E-state index contributed by atoms with van der Waals surface area (Å²) in [6, 6.07) is 5.13. The van der Waals surface area contributed by atoms with Gasteiger partial charge in [-0.25, -0.2) is 9.78 Å². The highest BCUT2D eigenvalue weighted by atomic mass is 19.4. The fourth-order valence-corrected chi connectivity index (χ4v) is 3.83. The van der Waals surface area contributed by atoms with Gasteiger partial charge < -0.3 is 19.3 Å². The number of alkyl halides is 3. The van der Waals surface area contributed by atoms with Crippen LogP contribution in [0.1, 0.15) is 52.1 Å². The van der Waals surface area contributed by atoms with Gasteiger partial charge in [0.2, 0.25) is 17.7 Å². The van der Waals surface area contributed by atoms with Gasteiger partial charge in [0.05, 0.1) is 17.3 Å². The van der Waals surface area contributed by atoms with Crippen molar-refractivity contribution in [2.75, 3.05) is 16.8 Å². The number of cyclic esters (lactones) is 1. The molecule has 4 rings (SSSR count). The molecule has 0 spiro atoms. The van der Waals surface area contributed by atoms with Gasteiger partial charge in [0.15, 0.2) is 0 Å². The second-order valence-electron chi connectivity index (χ2n) is 9.59. The molecular formula is C24H27F3N6O4. The van der Waals surface area contributed by atoms with Crippen molar-refractivity contribution in [1.82, 2.24) is 20.1 Å². The first kappa shape index (κ1) is 26.3. The van der Waals surface area contributed by atoms with Crippen LogP contribution in [0.3, 0.4) is 0 Å². The molecule has 0 bridgehead atoms. The number of aromatic nitrogens is 4. The van der Waals surface area contributed by atoms with Gasteiger partial charge in [-0.2, -0.15) is 23.1 Å². The molecule has 1 aliphatic heterocycles. The topological polar surface area (TPSA) is 116 Å². The summed E-state index contributed by atoms with van der Waals surface area (Å²) in [7, 11) is 0. The maximum Gasteiger partial charge on any atom is 0.416 e. The van der Waals surface area contributed by atoms with E-state index in [0.29, 0.717) is 11.4 Å². The molecule has 1 unspecified atom stereocenters. The molecule has 1 fully saturated rings. The normalized spacial score (nSPS) is 18.0. The molecule has 1 aromatic carbocycles. The number of halogens is 3. The molecule has 3 aromatic rings. The van der Waals surface area contributed by atoms with Gasteiger partial charge >= 0.3 is 12.3 Å². The number of carbonyl (C=O) groups excluding carboxylic acids is 1. The minimum Gasteiger partial charge on any atom is -0.447 e. The standard InChI is InChI=1S/C24H27F3N6O4/c1-13(20-31-19(32-37-20)15-6-8-16(9-7-15)24(25,26)27)29-21-28-11-10-18(30-21)33-17(12-35-22(33)34)14(2)36-23(3,4)5/h6-11,13-14,17H,12H2,1-5H3,(H,28,29,30)/t13?,14-,17-/m1/s1. The van der Waals surface area contributed by atoms with Crippen LogP contribution in [0.2, 0.25) is 0 Å². The Hall–Kier alpha value is -3.74. The van der Waals surface area contributed by atoms with E-state index in [0.717, 1.165) is 12.1 Å². The molecule has 3 atom stereocenters. The molecule has 2 aromatic heterocycles. The fraction of sp³-hybridized carbons (Fsp3) is 0.458. The number of nitrogens with zero attached hydrogens (tertiary/aromatic N) is 5. The predicted octanol–water partition coefficient (Wildman–Crippen LogP) is 5.25. The van der Waals surface area contributed by atoms with Crippen LogP contribution in [0, 0.1) is 0 Å². The van der Waals surface area contributed by atoms with Crippen molar-refractivity contribution < 1.29 is 32.0 Å². The van der Waals surface area contributed by atoms with Crippen LogP contribution in [0.5, 0.6) is 0 Å². The van der Waals surface area contributed by atoms with Gasteiger partial charge in [0.1, 0.15) is 24.5 Å². The lowest BCUT2D eigenvalue weighted by molar-refractivity contribution is -0.137. The third-order valence-electron chi connectivity index (χ3n) is 5.50. The van der Waals surface area contributed by atoms with Gasteiger partial charge in [0.25, 0.3) is 0 Å². The molecule has 0 saturated carbocycles. The van der Waals surface area contributed by atoms with E-state index >= 15 is 0 Å². The van der Waals surface area contributed by atoms with Crippen LogP contribution in [0.15, 0.2) is 41.1 Å². The summed E-state index contributed by atoms with van der Waals surface area (Å²) in [6.07, 6.45) is -3.79. The molecule has 10 nitrogen and oxygen atoms in total. The van der Waals surface area contributed by atoms with E-state index < -0.39 is 29.5 Å². The van der Waals surface area contributed by atoms with E-state index in [2.05, 4.69) is 25.4 Å². The Morgan fingerprint density at radius 1 is 1.11 bits per heavy atom. The summed E-state index contributed by atoms with van der Waals surface area (Å²) in [6.45, 7) is 9.55. The van der Waals surface area contributed by atoms with Crippen molar-refractivity contribution in [3.8, 4) is 11.4 Å². The summed E-state index contributed by atoms with van der Waals surface area (Å²) in [5, 5.41) is 6.89. The summed E-state index contributed by atoms with van der Waals surface area (Å²) in [5.74, 6) is 0.844. The average Bonchev–Trinajstić information content (AvgIpc) is 3.45. The van der Waals surface area contributed by atoms with Crippen molar-refractivity contribution in [1.29, 1.82) is 0 Å². The zero-order chi connectivity index (χ0) is 27.0. The number of rotatable bonds is 7. The Balaban J connectivity index is 1.47. The summed E-state index contributed by atoms with van der Waals surface area (Å²) >= 11 is 0. The van der Waals surface area contributed by atoms with E-state index in [1.165, 1.54) is 23.2 Å². The molecule has 13 heteroatoms. The molecule has 1 N–H and O–H groups in total. The van der Waals surface area contributed by atoms with Crippen molar-refractivity contribution in [3.05, 3.63) is 48.0 Å². The third kappa shape index (κ3) is 6.16. The number of amides is 1. The molecule has 37 heavy (non-hydrogen) atoms. The lowest BCUT2D eigenvalue weighted by Gasteiger charge is -2.31. The number of ether oxygens (including phenoxy) is 2. The summed E-state index contributed by atoms with van der Waals surface area (Å²) in [4.78, 5) is 26.8. The van der Waals surface area contributed by atoms with Crippen molar-refractivity contribution >= 4 is 17.9 Å². The van der Waals surface area contributed by atoms with Crippen molar-refractivity contribution in [2.24, 2.45) is 0 Å². The van der Waals surface area contributed by atoms with E-state index in [4.69, 9.17) is 14.0 Å². The van der Waals surface area contributed by atoms with Crippen molar-refractivity contribution in [2.45, 2.75) is 64.6 Å². The maximum atomic E-state index is 12.8. The molecule has 1 aliphatic rings. The zero-order valence-corrected chi connectivity index (χ0v) is 20.9. The van der Waals surface area contributed by atoms with Crippen LogP contribution in [0.4, 0.5) is 29.7 Å². The number of anilines is 2. The first-order valence-corrected chi connectivity index (χ1v) is 11.6. The average molecular weight is 521 g/mol. The summed E-state index contributed by atoms with van der Waals surface area (Å²) in [5.41, 5.74) is -0.803. The molecule has 0 aliphatic carbocycles. The van der Waals surface area contributed by atoms with Gasteiger partial charge in [-0.1, -0.05) is 17.3 Å². The lowest BCUT2D eigenvalue weighted by atomic mass is 10.1. The number of hydrogen-bond donors (Lipinski definition) is 1. The second kappa shape index (κ2) is 9.96. The first-order chi connectivity index (χ1) is 17.3. The van der Waals surface area contributed by atoms with Crippen LogP contribution in [-0.2, 0) is 15.7 Å². The van der Waals surface area contributed by atoms with Gasteiger partial charge in [0, 0.05) is 11.8 Å². The fourth-order valence-electron chi connectivity index (χ4n) is 3.83. The number of nitrogens with one attached hydrogen (secondary N) is 1. The van der Waals surface area contributed by atoms with Crippen LogP contribution >= 0.6 is 0 Å². The van der Waals surface area contributed by atoms with E-state index in [9.17, 15) is 18.0 Å². The van der Waals surface area contributed by atoms with Gasteiger partial charge in [-0.15, -0.1) is 0 Å². The molecule has 198 valence electrons. The Morgan fingerprint density at radius 2 is 1.81 bits per heavy atom. The number of hydrogen-bond acceptors (Lipinski definition) is 9. The maximum absolute atomic E-state index is 12.8. The third-order valence-corrected chi connectivity index (χ3v) is 5.50. The highest BCUT2D eigenvalue weighted by molar-refractivity contribution is 5.89. The first-order valence-electron chi connectivity index (χ1n) is 11.6. The second-order valence-corrected chi connectivity index (χ2v) is 9.59. The van der Waals surface area contributed by atoms with E-state index in [-0.39, 0.29) is 36.4 Å². The largest absolute Gasteiger partial charge is 0.447 e. The minimum atomic E-state index is -4.43. The van der Waals surface area contributed by atoms with Gasteiger partial charge in [-0.3, -0.25) is 4.90 Å². The highest BCUT2D eigenvalue weighted by Gasteiger charge is 2.40. The van der Waals surface area contributed by atoms with Gasteiger partial charge in [-0.05, 0) is 52.8 Å². The van der Waals surface area contributed by atoms with Crippen LogP contribution in [-0.4, -0.2) is 50.6 Å². The quantitative estimate of drug-likeness (QED) is 0.446. The Kier molecular flexibility index (Phi) is 7.09. The molecule has 3 heterocycles. The number of benzene rings is 1. The molecule has 0 radical (unpaired) electrons. The lowest BCUT2D eigenvalue weighted by Crippen LogP contribution is -2.45. The molecule has 1 saturated heterocycles. The molecule has 1 amide bonds. The highest BCUT2D eigenvalue weighted by Crippen LogP contribution is 2.31. The van der Waals surface area contributed by atoms with Crippen LogP contribution in [0.25, 0.3) is 11.4 Å². The van der Waals surface area contributed by atoms with E-state index in [1.54, 1.807) is 13.0 Å². The number of carbonyl (C=O) groups is 1. The Morgan fingerprint density at radius 3 is 2.46 bits per heavy atom. The summed E-state index contributed by atoms with van der Waals surface area (Å²) < 4.78 is 55.0. The van der Waals surface area contributed by atoms with E-state index in [1.807, 2.05) is 27.7 Å². The smallest absolute Gasteiger partial charge is 0.416 e. The SMILES string of the molecule is CC(Nc1nccc(N2C(=O)OC[C@@H]2[C@@H](C)OC(C)(C)C)n1)c1nc(-c2ccc(C(F)(F)F)cc2)no1. The van der Waals surface area contributed by atoms with Crippen molar-refractivity contribution in [3.63, 3.8) is 0 Å². The minimum absolute atomic E-state index is 0.141. The monoisotopic (exact) mass is 520 g/mol.